The number of aliphatic hydroxyl groups excluding tert-OH is 1. The van der Waals surface area contributed by atoms with Crippen LogP contribution in [0.1, 0.15) is 33.5 Å². The van der Waals surface area contributed by atoms with Crippen LogP contribution in [0.3, 0.4) is 0 Å². The number of aromatic nitrogens is 2. The summed E-state index contributed by atoms with van der Waals surface area (Å²) in [7, 11) is 0. The van der Waals surface area contributed by atoms with Crippen molar-refractivity contribution >= 4 is 12.0 Å². The van der Waals surface area contributed by atoms with Crippen LogP contribution in [0, 0.1) is 5.41 Å². The van der Waals surface area contributed by atoms with E-state index in [1.807, 2.05) is 0 Å². The zero-order chi connectivity index (χ0) is 13.8. The molecule has 5 heteroatoms. The number of hydrogen-bond acceptors (Lipinski definition) is 5. The van der Waals surface area contributed by atoms with Crippen LogP contribution in [-0.2, 0) is 9.53 Å². The summed E-state index contributed by atoms with van der Waals surface area (Å²) in [6.07, 6.45) is 3.53. The molecular weight excluding hydrogens is 232 g/mol. The molecule has 0 radical (unpaired) electrons. The lowest BCUT2D eigenvalue weighted by molar-refractivity contribution is -0.181. The van der Waals surface area contributed by atoms with Gasteiger partial charge in [0.05, 0.1) is 0 Å². The summed E-state index contributed by atoms with van der Waals surface area (Å²) in [5.74, 6) is -0.151. The topological polar surface area (TPSA) is 72.3 Å². The maximum Gasteiger partial charge on any atom is 0.336 e. The standard InChI is InChI=1S/C13H18N2O3/c1-9(8-10-14-6-5-7-15-10)11(16)18-12(17)13(2,3)4/h5-8,12,17H,1-4H3/b9-8-. The minimum absolute atomic E-state index is 0.337. The number of esters is 1. The van der Waals surface area contributed by atoms with Gasteiger partial charge in [-0.05, 0) is 19.1 Å². The predicted molar refractivity (Wildman–Crippen MR) is 67.2 cm³/mol. The Kier molecular flexibility index (Phi) is 4.55. The third-order valence-electron chi connectivity index (χ3n) is 2.21. The Hall–Kier alpha value is -1.75. The van der Waals surface area contributed by atoms with E-state index >= 15 is 0 Å². The second-order valence-corrected chi connectivity index (χ2v) is 5.06. The number of ether oxygens (including phenoxy) is 1. The molecule has 0 aliphatic rings. The first kappa shape index (κ1) is 14.3. The van der Waals surface area contributed by atoms with Crippen LogP contribution in [0.25, 0.3) is 6.08 Å². The molecular formula is C13H18N2O3. The van der Waals surface area contributed by atoms with Crippen molar-refractivity contribution in [1.82, 2.24) is 9.97 Å². The van der Waals surface area contributed by atoms with Crippen molar-refractivity contribution in [3.8, 4) is 0 Å². The van der Waals surface area contributed by atoms with Gasteiger partial charge in [0.25, 0.3) is 0 Å². The molecule has 0 aliphatic carbocycles. The monoisotopic (exact) mass is 250 g/mol. The molecule has 0 aliphatic heterocycles. The Labute approximate surface area is 107 Å². The molecule has 0 spiro atoms. The molecule has 98 valence electrons. The lowest BCUT2D eigenvalue weighted by atomic mass is 9.96. The fourth-order valence-corrected chi connectivity index (χ4v) is 1.01. The molecule has 1 heterocycles. The average Bonchev–Trinajstić information content (AvgIpc) is 2.28. The molecule has 18 heavy (non-hydrogen) atoms. The van der Waals surface area contributed by atoms with E-state index in [2.05, 4.69) is 9.97 Å². The van der Waals surface area contributed by atoms with E-state index in [0.29, 0.717) is 11.4 Å². The largest absolute Gasteiger partial charge is 0.432 e. The van der Waals surface area contributed by atoms with Crippen LogP contribution in [0.15, 0.2) is 24.0 Å². The molecule has 1 aromatic heterocycles. The van der Waals surface area contributed by atoms with Gasteiger partial charge < -0.3 is 9.84 Å². The summed E-state index contributed by atoms with van der Waals surface area (Å²) >= 11 is 0. The van der Waals surface area contributed by atoms with E-state index < -0.39 is 17.7 Å². The predicted octanol–water partition coefficient (Wildman–Crippen LogP) is 1.79. The van der Waals surface area contributed by atoms with Crippen molar-refractivity contribution < 1.29 is 14.6 Å². The smallest absolute Gasteiger partial charge is 0.336 e. The van der Waals surface area contributed by atoms with Crippen molar-refractivity contribution in [2.24, 2.45) is 5.41 Å². The number of nitrogens with zero attached hydrogens (tertiary/aromatic N) is 2. The molecule has 0 aromatic carbocycles. The van der Waals surface area contributed by atoms with Gasteiger partial charge in [-0.2, -0.15) is 0 Å². The summed E-state index contributed by atoms with van der Waals surface area (Å²) in [5.41, 5.74) is -0.177. The number of aliphatic hydroxyl groups is 1. The van der Waals surface area contributed by atoms with Gasteiger partial charge in [0.15, 0.2) is 5.82 Å². The van der Waals surface area contributed by atoms with Crippen molar-refractivity contribution in [2.45, 2.75) is 34.0 Å². The normalized spacial score (nSPS) is 14.2. The van der Waals surface area contributed by atoms with Crippen molar-refractivity contribution in [3.63, 3.8) is 0 Å². The van der Waals surface area contributed by atoms with Gasteiger partial charge in [-0.1, -0.05) is 20.8 Å². The van der Waals surface area contributed by atoms with Crippen LogP contribution in [0.2, 0.25) is 0 Å². The quantitative estimate of drug-likeness (QED) is 0.503. The molecule has 1 rings (SSSR count). The van der Waals surface area contributed by atoms with Crippen LogP contribution < -0.4 is 0 Å². The van der Waals surface area contributed by atoms with Crippen LogP contribution in [0.4, 0.5) is 0 Å². The molecule has 1 atom stereocenters. The highest BCUT2D eigenvalue weighted by Crippen LogP contribution is 2.21. The van der Waals surface area contributed by atoms with Gasteiger partial charge >= 0.3 is 5.97 Å². The highest BCUT2D eigenvalue weighted by Gasteiger charge is 2.26. The Bertz CT molecular complexity index is 435. The van der Waals surface area contributed by atoms with Gasteiger partial charge in [0.1, 0.15) is 0 Å². The molecule has 0 amide bonds. The lowest BCUT2D eigenvalue weighted by Gasteiger charge is -2.25. The van der Waals surface area contributed by atoms with E-state index in [0.717, 1.165) is 0 Å². The molecule has 1 aromatic rings. The van der Waals surface area contributed by atoms with E-state index in [1.165, 1.54) is 6.08 Å². The number of hydrogen-bond donors (Lipinski definition) is 1. The Morgan fingerprint density at radius 1 is 1.39 bits per heavy atom. The second kappa shape index (κ2) is 5.73. The zero-order valence-electron chi connectivity index (χ0n) is 11.0. The highest BCUT2D eigenvalue weighted by atomic mass is 16.6. The Morgan fingerprint density at radius 2 is 1.94 bits per heavy atom. The van der Waals surface area contributed by atoms with E-state index in [4.69, 9.17) is 4.74 Å². The van der Waals surface area contributed by atoms with E-state index in [9.17, 15) is 9.90 Å². The first-order valence-corrected chi connectivity index (χ1v) is 5.65. The van der Waals surface area contributed by atoms with Gasteiger partial charge in [0, 0.05) is 23.4 Å². The van der Waals surface area contributed by atoms with Crippen LogP contribution in [0.5, 0.6) is 0 Å². The number of carbonyl (C=O) groups excluding carboxylic acids is 1. The van der Waals surface area contributed by atoms with Gasteiger partial charge in [-0.3, -0.25) is 0 Å². The lowest BCUT2D eigenvalue weighted by Crippen LogP contribution is -2.31. The molecule has 0 fully saturated rings. The summed E-state index contributed by atoms with van der Waals surface area (Å²) in [6.45, 7) is 6.94. The molecule has 1 unspecified atom stereocenters. The Balaban J connectivity index is 2.71. The average molecular weight is 250 g/mol. The summed E-state index contributed by atoms with van der Waals surface area (Å²) in [5, 5.41) is 9.67. The third kappa shape index (κ3) is 4.25. The highest BCUT2D eigenvalue weighted by molar-refractivity contribution is 5.92. The minimum atomic E-state index is -1.15. The van der Waals surface area contributed by atoms with Crippen molar-refractivity contribution in [2.75, 3.05) is 0 Å². The minimum Gasteiger partial charge on any atom is -0.432 e. The summed E-state index contributed by atoms with van der Waals surface area (Å²) in [6, 6.07) is 1.69. The summed E-state index contributed by atoms with van der Waals surface area (Å²) < 4.78 is 4.94. The third-order valence-corrected chi connectivity index (χ3v) is 2.21. The van der Waals surface area contributed by atoms with Crippen LogP contribution >= 0.6 is 0 Å². The van der Waals surface area contributed by atoms with Gasteiger partial charge in [-0.25, -0.2) is 14.8 Å². The first-order valence-electron chi connectivity index (χ1n) is 5.65. The van der Waals surface area contributed by atoms with Crippen LogP contribution in [-0.4, -0.2) is 27.3 Å². The van der Waals surface area contributed by atoms with E-state index in [1.54, 1.807) is 46.2 Å². The van der Waals surface area contributed by atoms with E-state index in [-0.39, 0.29) is 0 Å². The maximum atomic E-state index is 11.7. The fourth-order valence-electron chi connectivity index (χ4n) is 1.01. The SMILES string of the molecule is C/C(=C/c1ncccn1)C(=O)OC(O)C(C)(C)C. The number of rotatable bonds is 3. The Morgan fingerprint density at radius 3 is 2.44 bits per heavy atom. The molecule has 0 saturated carbocycles. The second-order valence-electron chi connectivity index (χ2n) is 5.06. The first-order chi connectivity index (χ1) is 8.30. The molecule has 0 saturated heterocycles. The van der Waals surface area contributed by atoms with Gasteiger partial charge in [-0.15, -0.1) is 0 Å². The van der Waals surface area contributed by atoms with Crippen molar-refractivity contribution in [3.05, 3.63) is 29.9 Å². The zero-order valence-corrected chi connectivity index (χ0v) is 11.0. The molecule has 1 N–H and O–H groups in total. The maximum absolute atomic E-state index is 11.7. The fraction of sp³-hybridized carbons (Fsp3) is 0.462. The molecule has 5 nitrogen and oxygen atoms in total. The van der Waals surface area contributed by atoms with Crippen molar-refractivity contribution in [1.29, 1.82) is 0 Å². The van der Waals surface area contributed by atoms with Gasteiger partial charge in [0.2, 0.25) is 6.29 Å². The number of carbonyl (C=O) groups is 1. The summed E-state index contributed by atoms with van der Waals surface area (Å²) in [4.78, 5) is 19.6. The molecule has 0 bridgehead atoms.